The van der Waals surface area contributed by atoms with Crippen molar-refractivity contribution in [2.24, 2.45) is 5.92 Å². The van der Waals surface area contributed by atoms with Crippen molar-refractivity contribution in [3.63, 3.8) is 0 Å². The molecule has 120 valence electrons. The zero-order chi connectivity index (χ0) is 15.2. The summed E-state index contributed by atoms with van der Waals surface area (Å²) in [6.07, 6.45) is 5.56. The van der Waals surface area contributed by atoms with Gasteiger partial charge in [0, 0.05) is 26.2 Å². The molecule has 21 heavy (non-hydrogen) atoms. The summed E-state index contributed by atoms with van der Waals surface area (Å²) in [5.74, 6) is -1.05. The Hall–Kier alpha value is -1.30. The molecule has 1 aliphatic heterocycles. The minimum atomic E-state index is -0.740. The first-order valence-corrected chi connectivity index (χ1v) is 8.03. The van der Waals surface area contributed by atoms with Crippen molar-refractivity contribution in [3.8, 4) is 0 Å². The summed E-state index contributed by atoms with van der Waals surface area (Å²) < 4.78 is 0. The molecule has 1 heterocycles. The molecule has 2 rings (SSSR count). The van der Waals surface area contributed by atoms with Gasteiger partial charge in [0.1, 0.15) is 0 Å². The molecule has 0 aromatic heterocycles. The van der Waals surface area contributed by atoms with Crippen molar-refractivity contribution in [2.45, 2.75) is 44.6 Å². The second-order valence-electron chi connectivity index (χ2n) is 6.32. The number of nitrogens with one attached hydrogen (secondary N) is 1. The number of rotatable bonds is 5. The monoisotopic (exact) mass is 297 g/mol. The van der Waals surface area contributed by atoms with Gasteiger partial charge in [-0.15, -0.1) is 0 Å². The summed E-state index contributed by atoms with van der Waals surface area (Å²) in [4.78, 5) is 27.3. The molecule has 2 unspecified atom stereocenters. The Balaban J connectivity index is 1.70. The Morgan fingerprint density at radius 3 is 2.62 bits per heavy atom. The van der Waals surface area contributed by atoms with Crippen LogP contribution in [-0.4, -0.2) is 66.2 Å². The maximum Gasteiger partial charge on any atom is 0.317 e. The zero-order valence-electron chi connectivity index (χ0n) is 12.9. The van der Waals surface area contributed by atoms with Crippen molar-refractivity contribution < 1.29 is 14.7 Å². The van der Waals surface area contributed by atoms with Gasteiger partial charge in [0.2, 0.25) is 0 Å². The molecule has 6 nitrogen and oxygen atoms in total. The third-order valence-corrected chi connectivity index (χ3v) is 4.65. The molecular formula is C15H27N3O3. The van der Waals surface area contributed by atoms with Gasteiger partial charge in [0.15, 0.2) is 0 Å². The molecule has 0 aromatic carbocycles. The maximum atomic E-state index is 12.1. The van der Waals surface area contributed by atoms with E-state index < -0.39 is 5.97 Å². The van der Waals surface area contributed by atoms with E-state index in [9.17, 15) is 9.59 Å². The lowest BCUT2D eigenvalue weighted by Gasteiger charge is -2.29. The average Bonchev–Trinajstić information content (AvgIpc) is 2.98. The van der Waals surface area contributed by atoms with Gasteiger partial charge in [-0.05, 0) is 45.2 Å². The van der Waals surface area contributed by atoms with Crippen LogP contribution in [0.25, 0.3) is 0 Å². The minimum Gasteiger partial charge on any atom is -0.481 e. The molecule has 1 saturated carbocycles. The van der Waals surface area contributed by atoms with Crippen molar-refractivity contribution in [1.29, 1.82) is 0 Å². The normalized spacial score (nSPS) is 26.5. The molecule has 2 aliphatic rings. The topological polar surface area (TPSA) is 72.9 Å². The highest BCUT2D eigenvalue weighted by Crippen LogP contribution is 2.24. The lowest BCUT2D eigenvalue weighted by molar-refractivity contribution is -0.143. The smallest absolute Gasteiger partial charge is 0.317 e. The third kappa shape index (κ3) is 4.88. The molecule has 1 aliphatic carbocycles. The third-order valence-electron chi connectivity index (χ3n) is 4.65. The fourth-order valence-electron chi connectivity index (χ4n) is 3.23. The van der Waals surface area contributed by atoms with Crippen LogP contribution in [0.4, 0.5) is 4.79 Å². The van der Waals surface area contributed by atoms with E-state index in [4.69, 9.17) is 5.11 Å². The van der Waals surface area contributed by atoms with Crippen LogP contribution >= 0.6 is 0 Å². The summed E-state index contributed by atoms with van der Waals surface area (Å²) in [7, 11) is 1.81. The van der Waals surface area contributed by atoms with Crippen LogP contribution in [-0.2, 0) is 4.79 Å². The second-order valence-corrected chi connectivity index (χ2v) is 6.32. The van der Waals surface area contributed by atoms with Gasteiger partial charge in [-0.1, -0.05) is 6.42 Å². The van der Waals surface area contributed by atoms with E-state index in [1.165, 1.54) is 12.8 Å². The summed E-state index contributed by atoms with van der Waals surface area (Å²) in [5, 5.41) is 12.1. The first kappa shape index (κ1) is 16.1. The number of carboxylic acid groups (broad SMARTS) is 1. The molecule has 1 saturated heterocycles. The summed E-state index contributed by atoms with van der Waals surface area (Å²) in [6.45, 7) is 3.92. The van der Waals surface area contributed by atoms with Gasteiger partial charge in [0.25, 0.3) is 0 Å². The fraction of sp³-hybridized carbons (Fsp3) is 0.867. The number of aliphatic carboxylic acids is 1. The Bertz CT molecular complexity index is 369. The Labute approximate surface area is 126 Å². The van der Waals surface area contributed by atoms with Crippen LogP contribution in [0.15, 0.2) is 0 Å². The number of likely N-dealkylation sites (N-methyl/N-ethyl adjacent to an activating group) is 1. The van der Waals surface area contributed by atoms with E-state index in [2.05, 4.69) is 10.2 Å². The minimum absolute atomic E-state index is 0.00147. The molecular weight excluding hydrogens is 270 g/mol. The molecule has 2 fully saturated rings. The highest BCUT2D eigenvalue weighted by atomic mass is 16.4. The number of hydrogen-bond donors (Lipinski definition) is 2. The number of carboxylic acids is 1. The molecule has 6 heteroatoms. The molecule has 0 aromatic rings. The molecule has 2 amide bonds. The van der Waals surface area contributed by atoms with Crippen LogP contribution in [0, 0.1) is 5.92 Å². The first-order chi connectivity index (χ1) is 10.1. The van der Waals surface area contributed by atoms with E-state index in [0.717, 1.165) is 45.4 Å². The predicted molar refractivity (Wildman–Crippen MR) is 80.2 cm³/mol. The van der Waals surface area contributed by atoms with E-state index in [1.54, 1.807) is 4.90 Å². The van der Waals surface area contributed by atoms with Crippen LogP contribution in [0.3, 0.4) is 0 Å². The number of likely N-dealkylation sites (tertiary alicyclic amines) is 1. The zero-order valence-corrected chi connectivity index (χ0v) is 12.9. The van der Waals surface area contributed by atoms with Gasteiger partial charge < -0.3 is 20.2 Å². The van der Waals surface area contributed by atoms with Crippen LogP contribution in [0.5, 0.6) is 0 Å². The molecule has 0 spiro atoms. The lowest BCUT2D eigenvalue weighted by Crippen LogP contribution is -2.47. The first-order valence-electron chi connectivity index (χ1n) is 8.03. The van der Waals surface area contributed by atoms with Crippen LogP contribution in [0.2, 0.25) is 0 Å². The molecule has 0 bridgehead atoms. The summed E-state index contributed by atoms with van der Waals surface area (Å²) in [6, 6.07) is -0.0770. The number of carbonyl (C=O) groups excluding carboxylic acids is 1. The lowest BCUT2D eigenvalue weighted by atomic mass is 9.86. The van der Waals surface area contributed by atoms with Crippen molar-refractivity contribution in [3.05, 3.63) is 0 Å². The second kappa shape index (κ2) is 7.64. The van der Waals surface area contributed by atoms with E-state index in [1.807, 2.05) is 7.05 Å². The molecule has 2 N–H and O–H groups in total. The van der Waals surface area contributed by atoms with Gasteiger partial charge in [-0.3, -0.25) is 4.79 Å². The van der Waals surface area contributed by atoms with Crippen LogP contribution in [0.1, 0.15) is 38.5 Å². The highest BCUT2D eigenvalue weighted by Gasteiger charge is 2.28. The molecule has 0 radical (unpaired) electrons. The fourth-order valence-corrected chi connectivity index (χ4v) is 3.23. The number of carbonyl (C=O) groups is 2. The van der Waals surface area contributed by atoms with Crippen molar-refractivity contribution in [2.75, 3.05) is 33.2 Å². The van der Waals surface area contributed by atoms with Gasteiger partial charge in [-0.25, -0.2) is 4.79 Å². The van der Waals surface area contributed by atoms with Crippen LogP contribution < -0.4 is 5.32 Å². The molecule has 2 atom stereocenters. The van der Waals surface area contributed by atoms with E-state index >= 15 is 0 Å². The Morgan fingerprint density at radius 1 is 1.24 bits per heavy atom. The summed E-state index contributed by atoms with van der Waals surface area (Å²) in [5.41, 5.74) is 0. The standard InChI is InChI=1S/C15H27N3O3/c1-17(9-10-18-7-2-3-8-18)15(21)16-13-6-4-5-12(11-13)14(19)20/h12-13H,2-11H2,1H3,(H,16,21)(H,19,20). The number of amides is 2. The largest absolute Gasteiger partial charge is 0.481 e. The number of nitrogens with zero attached hydrogens (tertiary/aromatic N) is 2. The number of hydrogen-bond acceptors (Lipinski definition) is 3. The average molecular weight is 297 g/mol. The van der Waals surface area contributed by atoms with Crippen molar-refractivity contribution in [1.82, 2.24) is 15.1 Å². The van der Waals surface area contributed by atoms with Gasteiger partial charge in [-0.2, -0.15) is 0 Å². The summed E-state index contributed by atoms with van der Waals surface area (Å²) >= 11 is 0. The maximum absolute atomic E-state index is 12.1. The van der Waals surface area contributed by atoms with Gasteiger partial charge in [0.05, 0.1) is 5.92 Å². The van der Waals surface area contributed by atoms with Crippen molar-refractivity contribution >= 4 is 12.0 Å². The number of urea groups is 1. The Kier molecular flexibility index (Phi) is 5.85. The Morgan fingerprint density at radius 2 is 1.95 bits per heavy atom. The van der Waals surface area contributed by atoms with E-state index in [-0.39, 0.29) is 18.0 Å². The van der Waals surface area contributed by atoms with E-state index in [0.29, 0.717) is 6.42 Å². The quantitative estimate of drug-likeness (QED) is 0.804. The predicted octanol–water partition coefficient (Wildman–Crippen LogP) is 1.37. The highest BCUT2D eigenvalue weighted by molar-refractivity contribution is 5.74. The SMILES string of the molecule is CN(CCN1CCCC1)C(=O)NC1CCCC(C(=O)O)C1. The van der Waals surface area contributed by atoms with Gasteiger partial charge >= 0.3 is 12.0 Å².